The predicted octanol–water partition coefficient (Wildman–Crippen LogP) is 1.63. The van der Waals surface area contributed by atoms with Crippen molar-refractivity contribution in [3.05, 3.63) is 35.4 Å². The third-order valence-corrected chi connectivity index (χ3v) is 2.39. The molecule has 1 aromatic carbocycles. The molecule has 86 valence electrons. The average molecular weight is 219 g/mol. The van der Waals surface area contributed by atoms with Crippen LogP contribution in [-0.4, -0.2) is 18.2 Å². The molecular formula is C13H17NO2. The molecule has 1 N–H and O–H groups in total. The minimum atomic E-state index is -0.193. The van der Waals surface area contributed by atoms with Crippen LogP contribution in [0.3, 0.4) is 0 Å². The van der Waals surface area contributed by atoms with Gasteiger partial charge in [0.15, 0.2) is 0 Å². The van der Waals surface area contributed by atoms with Gasteiger partial charge in [-0.2, -0.15) is 0 Å². The Labute approximate surface area is 95.9 Å². The number of hydrogen-bond donors (Lipinski definition) is 1. The molecule has 0 saturated heterocycles. The lowest BCUT2D eigenvalue weighted by atomic mass is 10.1. The standard InChI is InChI=1S/C13H17NO2/c1-10-5-3-4-6-12(10)7-8-14-13(16)9-11(2)15/h3-6H,7-9H2,1-2H3,(H,14,16). The molecule has 0 atom stereocenters. The summed E-state index contributed by atoms with van der Waals surface area (Å²) >= 11 is 0. The van der Waals surface area contributed by atoms with Crippen molar-refractivity contribution >= 4 is 11.7 Å². The molecule has 0 bridgehead atoms. The van der Waals surface area contributed by atoms with E-state index in [-0.39, 0.29) is 18.1 Å². The summed E-state index contributed by atoms with van der Waals surface area (Å²) in [6, 6.07) is 8.08. The molecule has 0 heterocycles. The summed E-state index contributed by atoms with van der Waals surface area (Å²) in [5.41, 5.74) is 2.45. The molecule has 1 amide bonds. The number of hydrogen-bond acceptors (Lipinski definition) is 2. The second-order valence-electron chi connectivity index (χ2n) is 3.91. The highest BCUT2D eigenvalue weighted by Crippen LogP contribution is 2.06. The van der Waals surface area contributed by atoms with E-state index in [1.165, 1.54) is 18.1 Å². The number of benzene rings is 1. The molecule has 0 aliphatic heterocycles. The third-order valence-electron chi connectivity index (χ3n) is 2.39. The highest BCUT2D eigenvalue weighted by molar-refractivity contribution is 5.96. The van der Waals surface area contributed by atoms with E-state index in [0.29, 0.717) is 6.54 Å². The number of Topliss-reactive ketones (excluding diaryl/α,β-unsaturated/α-hetero) is 1. The first kappa shape index (κ1) is 12.4. The zero-order chi connectivity index (χ0) is 12.0. The lowest BCUT2D eigenvalue weighted by Crippen LogP contribution is -2.27. The zero-order valence-corrected chi connectivity index (χ0v) is 9.75. The van der Waals surface area contributed by atoms with Crippen LogP contribution in [0.4, 0.5) is 0 Å². The second-order valence-corrected chi connectivity index (χ2v) is 3.91. The maximum atomic E-state index is 11.2. The molecule has 0 aliphatic rings. The van der Waals surface area contributed by atoms with Gasteiger partial charge in [-0.25, -0.2) is 0 Å². The Kier molecular flexibility index (Phi) is 4.70. The van der Waals surface area contributed by atoms with E-state index >= 15 is 0 Å². The normalized spacial score (nSPS) is 9.88. The maximum Gasteiger partial charge on any atom is 0.227 e. The van der Waals surface area contributed by atoms with Crippen molar-refractivity contribution < 1.29 is 9.59 Å². The van der Waals surface area contributed by atoms with Crippen LogP contribution in [0.1, 0.15) is 24.5 Å². The van der Waals surface area contributed by atoms with Gasteiger partial charge in [-0.05, 0) is 31.4 Å². The van der Waals surface area contributed by atoms with Crippen LogP contribution in [0.2, 0.25) is 0 Å². The number of aryl methyl sites for hydroxylation is 1. The molecule has 1 aromatic rings. The summed E-state index contributed by atoms with van der Waals surface area (Å²) in [5.74, 6) is -0.297. The molecule has 0 spiro atoms. The number of nitrogens with one attached hydrogen (secondary N) is 1. The Balaban J connectivity index is 2.33. The van der Waals surface area contributed by atoms with Gasteiger partial charge in [-0.3, -0.25) is 9.59 Å². The maximum absolute atomic E-state index is 11.2. The monoisotopic (exact) mass is 219 g/mol. The van der Waals surface area contributed by atoms with Gasteiger partial charge in [0, 0.05) is 6.54 Å². The van der Waals surface area contributed by atoms with Gasteiger partial charge < -0.3 is 5.32 Å². The molecule has 0 unspecified atom stereocenters. The Morgan fingerprint density at radius 3 is 2.56 bits per heavy atom. The molecule has 3 nitrogen and oxygen atoms in total. The molecule has 16 heavy (non-hydrogen) atoms. The van der Waals surface area contributed by atoms with E-state index in [1.54, 1.807) is 0 Å². The first-order chi connectivity index (χ1) is 7.59. The fourth-order valence-electron chi connectivity index (χ4n) is 1.52. The van der Waals surface area contributed by atoms with Crippen molar-refractivity contribution in [2.24, 2.45) is 0 Å². The fraction of sp³-hybridized carbons (Fsp3) is 0.385. The molecule has 1 rings (SSSR count). The van der Waals surface area contributed by atoms with Gasteiger partial charge in [0.2, 0.25) is 5.91 Å². The van der Waals surface area contributed by atoms with E-state index in [2.05, 4.69) is 5.32 Å². The number of ketones is 1. The Morgan fingerprint density at radius 1 is 1.25 bits per heavy atom. The molecule has 0 aromatic heterocycles. The summed E-state index contributed by atoms with van der Waals surface area (Å²) in [6.45, 7) is 4.05. The first-order valence-electron chi connectivity index (χ1n) is 5.40. The van der Waals surface area contributed by atoms with Crippen LogP contribution in [-0.2, 0) is 16.0 Å². The molecule has 0 saturated carbocycles. The second kappa shape index (κ2) is 6.05. The summed E-state index contributed by atoms with van der Waals surface area (Å²) < 4.78 is 0. The minimum absolute atomic E-state index is 0.0201. The van der Waals surface area contributed by atoms with Gasteiger partial charge in [-0.1, -0.05) is 24.3 Å². The van der Waals surface area contributed by atoms with Gasteiger partial charge in [0.1, 0.15) is 5.78 Å². The highest BCUT2D eigenvalue weighted by atomic mass is 16.2. The van der Waals surface area contributed by atoms with Crippen LogP contribution in [0.15, 0.2) is 24.3 Å². The SMILES string of the molecule is CC(=O)CC(=O)NCCc1ccccc1C. The van der Waals surface area contributed by atoms with Crippen LogP contribution in [0.25, 0.3) is 0 Å². The topological polar surface area (TPSA) is 46.2 Å². The third kappa shape index (κ3) is 4.26. The fourth-order valence-corrected chi connectivity index (χ4v) is 1.52. The average Bonchev–Trinajstić information content (AvgIpc) is 2.19. The Morgan fingerprint density at radius 2 is 1.94 bits per heavy atom. The van der Waals surface area contributed by atoms with Crippen LogP contribution in [0, 0.1) is 6.92 Å². The summed E-state index contributed by atoms with van der Waals surface area (Å²) in [6.07, 6.45) is 0.782. The van der Waals surface area contributed by atoms with Crippen LogP contribution < -0.4 is 5.32 Å². The zero-order valence-electron chi connectivity index (χ0n) is 9.75. The predicted molar refractivity (Wildman–Crippen MR) is 63.2 cm³/mol. The van der Waals surface area contributed by atoms with Crippen molar-refractivity contribution in [3.63, 3.8) is 0 Å². The quantitative estimate of drug-likeness (QED) is 0.765. The molecule has 0 fully saturated rings. The summed E-state index contributed by atoms with van der Waals surface area (Å²) in [4.78, 5) is 21.9. The van der Waals surface area contributed by atoms with Gasteiger partial charge >= 0.3 is 0 Å². The van der Waals surface area contributed by atoms with E-state index in [9.17, 15) is 9.59 Å². The Bertz CT molecular complexity index is 385. The van der Waals surface area contributed by atoms with Crippen molar-refractivity contribution in [3.8, 4) is 0 Å². The van der Waals surface area contributed by atoms with Crippen LogP contribution >= 0.6 is 0 Å². The van der Waals surface area contributed by atoms with Crippen molar-refractivity contribution in [1.82, 2.24) is 5.32 Å². The Hall–Kier alpha value is -1.64. The van der Waals surface area contributed by atoms with E-state index < -0.39 is 0 Å². The van der Waals surface area contributed by atoms with Crippen LogP contribution in [0.5, 0.6) is 0 Å². The molecule has 3 heteroatoms. The van der Waals surface area contributed by atoms with E-state index in [0.717, 1.165) is 6.42 Å². The number of carbonyl (C=O) groups is 2. The van der Waals surface area contributed by atoms with Gasteiger partial charge in [0.05, 0.1) is 6.42 Å². The van der Waals surface area contributed by atoms with E-state index in [1.807, 2.05) is 31.2 Å². The molecule has 0 aliphatic carbocycles. The number of rotatable bonds is 5. The summed E-state index contributed by atoms with van der Waals surface area (Å²) in [5, 5.41) is 2.73. The first-order valence-corrected chi connectivity index (χ1v) is 5.40. The highest BCUT2D eigenvalue weighted by Gasteiger charge is 2.04. The van der Waals surface area contributed by atoms with Crippen molar-refractivity contribution in [2.45, 2.75) is 26.7 Å². The van der Waals surface area contributed by atoms with Crippen molar-refractivity contribution in [1.29, 1.82) is 0 Å². The number of amides is 1. The lowest BCUT2D eigenvalue weighted by molar-refractivity contribution is -0.127. The van der Waals surface area contributed by atoms with Crippen molar-refractivity contribution in [2.75, 3.05) is 6.54 Å². The largest absolute Gasteiger partial charge is 0.355 e. The smallest absolute Gasteiger partial charge is 0.227 e. The molecule has 0 radical (unpaired) electrons. The van der Waals surface area contributed by atoms with Gasteiger partial charge in [-0.15, -0.1) is 0 Å². The lowest BCUT2D eigenvalue weighted by Gasteiger charge is -2.06. The van der Waals surface area contributed by atoms with Gasteiger partial charge in [0.25, 0.3) is 0 Å². The van der Waals surface area contributed by atoms with E-state index in [4.69, 9.17) is 0 Å². The summed E-state index contributed by atoms with van der Waals surface area (Å²) in [7, 11) is 0. The minimum Gasteiger partial charge on any atom is -0.355 e. The number of carbonyl (C=O) groups excluding carboxylic acids is 2. The molecular weight excluding hydrogens is 202 g/mol.